The van der Waals surface area contributed by atoms with Crippen LogP contribution in [-0.2, 0) is 9.59 Å². The summed E-state index contributed by atoms with van der Waals surface area (Å²) in [4.78, 5) is 24.5. The summed E-state index contributed by atoms with van der Waals surface area (Å²) in [6.45, 7) is 0. The molecule has 0 aromatic carbocycles. The quantitative estimate of drug-likeness (QED) is 0.182. The van der Waals surface area contributed by atoms with Crippen LogP contribution in [0, 0.1) is 0 Å². The highest BCUT2D eigenvalue weighted by Gasteiger charge is 2.27. The Hall–Kier alpha value is -1.79. The molecule has 7 heteroatoms. The summed E-state index contributed by atoms with van der Waals surface area (Å²) in [6.07, 6.45) is -0.819. The minimum atomic E-state index is -0.819. The largest absolute Gasteiger partial charge is 0.370 e. The van der Waals surface area contributed by atoms with Crippen molar-refractivity contribution in [1.82, 2.24) is 10.6 Å². The minimum absolute atomic E-state index is 0.197. The van der Waals surface area contributed by atoms with E-state index in [9.17, 15) is 9.59 Å². The number of nitrogens with two attached hydrogens (primary N) is 2. The summed E-state index contributed by atoms with van der Waals surface area (Å²) >= 11 is 0. The second-order valence-corrected chi connectivity index (χ2v) is 1.90. The van der Waals surface area contributed by atoms with Crippen molar-refractivity contribution >= 4 is 17.8 Å². The molecule has 0 spiro atoms. The number of rotatable bonds is 1. The van der Waals surface area contributed by atoms with Crippen LogP contribution in [0.15, 0.2) is 4.99 Å². The van der Waals surface area contributed by atoms with Crippen molar-refractivity contribution in [3.63, 3.8) is 0 Å². The van der Waals surface area contributed by atoms with Crippen molar-refractivity contribution in [2.24, 2.45) is 16.5 Å². The van der Waals surface area contributed by atoms with E-state index in [1.165, 1.54) is 0 Å². The predicted molar refractivity (Wildman–Crippen MR) is 35.9 cm³/mol. The van der Waals surface area contributed by atoms with Crippen molar-refractivity contribution in [1.29, 1.82) is 0 Å². The van der Waals surface area contributed by atoms with Crippen molar-refractivity contribution in [2.75, 3.05) is 0 Å². The number of carbonyl (C=O) groups is 2. The number of guanidine groups is 1. The summed E-state index contributed by atoms with van der Waals surface area (Å²) < 4.78 is 0. The van der Waals surface area contributed by atoms with E-state index in [2.05, 4.69) is 15.6 Å². The van der Waals surface area contributed by atoms with Gasteiger partial charge < -0.3 is 22.1 Å². The van der Waals surface area contributed by atoms with Gasteiger partial charge in [-0.2, -0.15) is 0 Å². The van der Waals surface area contributed by atoms with Gasteiger partial charge in [-0.25, -0.2) is 4.99 Å². The van der Waals surface area contributed by atoms with Crippen molar-refractivity contribution in [2.45, 2.75) is 6.29 Å². The molecule has 0 radical (unpaired) electrons. The molecule has 0 saturated carbocycles. The second-order valence-electron chi connectivity index (χ2n) is 1.90. The van der Waals surface area contributed by atoms with Gasteiger partial charge in [0, 0.05) is 0 Å². The van der Waals surface area contributed by atoms with Crippen LogP contribution in [-0.4, -0.2) is 24.1 Å². The van der Waals surface area contributed by atoms with Gasteiger partial charge in [0.05, 0.1) is 0 Å². The Bertz CT molecular complexity index is 215. The zero-order chi connectivity index (χ0) is 8.43. The summed E-state index contributed by atoms with van der Waals surface area (Å²) in [5.41, 5.74) is 9.98. The highest BCUT2D eigenvalue weighted by Crippen LogP contribution is 1.88. The maximum Gasteiger partial charge on any atom is 0.312 e. The molecular weight excluding hydrogens is 150 g/mol. The number of hydrogen-bond donors (Lipinski definition) is 4. The first-order valence-corrected chi connectivity index (χ1v) is 2.79. The van der Waals surface area contributed by atoms with Gasteiger partial charge >= 0.3 is 11.8 Å². The van der Waals surface area contributed by atoms with Gasteiger partial charge in [-0.05, 0) is 0 Å². The first kappa shape index (κ1) is 7.32. The van der Waals surface area contributed by atoms with Crippen LogP contribution in [0.4, 0.5) is 0 Å². The lowest BCUT2D eigenvalue weighted by atomic mass is 10.6. The molecule has 0 atom stereocenters. The van der Waals surface area contributed by atoms with Crippen molar-refractivity contribution in [3.8, 4) is 0 Å². The van der Waals surface area contributed by atoms with Crippen LogP contribution >= 0.6 is 0 Å². The van der Waals surface area contributed by atoms with E-state index in [0.717, 1.165) is 0 Å². The molecular formula is C4H7N5O2. The summed E-state index contributed by atoms with van der Waals surface area (Å²) in [5, 5.41) is 4.38. The van der Waals surface area contributed by atoms with Gasteiger partial charge in [0.25, 0.3) is 0 Å². The zero-order valence-corrected chi connectivity index (χ0v) is 5.50. The molecule has 2 amide bonds. The maximum atomic E-state index is 10.5. The van der Waals surface area contributed by atoms with Gasteiger partial charge in [-0.15, -0.1) is 0 Å². The smallest absolute Gasteiger partial charge is 0.312 e. The summed E-state index contributed by atoms with van der Waals surface area (Å²) in [6, 6.07) is 0. The molecule has 1 fully saturated rings. The van der Waals surface area contributed by atoms with Gasteiger partial charge in [0.15, 0.2) is 5.96 Å². The molecule has 6 N–H and O–H groups in total. The monoisotopic (exact) mass is 157 g/mol. The molecule has 0 aromatic heterocycles. The number of carbonyl (C=O) groups excluding carboxylic acids is 2. The summed E-state index contributed by atoms with van der Waals surface area (Å²) in [7, 11) is 0. The molecule has 0 bridgehead atoms. The Morgan fingerprint density at radius 2 is 1.73 bits per heavy atom. The molecule has 0 aliphatic carbocycles. The predicted octanol–water partition coefficient (Wildman–Crippen LogP) is -3.21. The van der Waals surface area contributed by atoms with E-state index < -0.39 is 18.1 Å². The SMILES string of the molecule is NC(N)=NC1NC(=O)C(=O)N1. The fourth-order valence-electron chi connectivity index (χ4n) is 0.629. The fraction of sp³-hybridized carbons (Fsp3) is 0.250. The number of amides is 2. The Morgan fingerprint density at radius 3 is 2.09 bits per heavy atom. The normalized spacial score (nSPS) is 17.5. The maximum absolute atomic E-state index is 10.5. The van der Waals surface area contributed by atoms with E-state index in [1.807, 2.05) is 0 Å². The van der Waals surface area contributed by atoms with Crippen LogP contribution in [0.25, 0.3) is 0 Å². The minimum Gasteiger partial charge on any atom is -0.370 e. The van der Waals surface area contributed by atoms with E-state index in [1.54, 1.807) is 0 Å². The molecule has 11 heavy (non-hydrogen) atoms. The van der Waals surface area contributed by atoms with Crippen LogP contribution in [0.5, 0.6) is 0 Å². The first-order valence-electron chi connectivity index (χ1n) is 2.79. The standard InChI is InChI=1S/C4H7N5O2/c5-3(6)9-4-7-1(10)2(11)8-4/h4H,(H,7,10)(H,8,11)(H4,5,6,9). The van der Waals surface area contributed by atoms with Crippen molar-refractivity contribution in [3.05, 3.63) is 0 Å². The van der Waals surface area contributed by atoms with Crippen LogP contribution in [0.3, 0.4) is 0 Å². The topological polar surface area (TPSA) is 123 Å². The van der Waals surface area contributed by atoms with E-state index in [-0.39, 0.29) is 5.96 Å². The fourth-order valence-corrected chi connectivity index (χ4v) is 0.629. The lowest BCUT2D eigenvalue weighted by molar-refractivity contribution is -0.135. The third-order valence-electron chi connectivity index (χ3n) is 1.02. The summed E-state index contributed by atoms with van der Waals surface area (Å²) in [5.74, 6) is -1.67. The van der Waals surface area contributed by atoms with Gasteiger partial charge in [0.2, 0.25) is 6.29 Å². The highest BCUT2D eigenvalue weighted by molar-refractivity contribution is 6.37. The number of hydrogen-bond acceptors (Lipinski definition) is 3. The van der Waals surface area contributed by atoms with Crippen LogP contribution in [0.2, 0.25) is 0 Å². The van der Waals surface area contributed by atoms with Gasteiger partial charge in [-0.3, -0.25) is 9.59 Å². The lowest BCUT2D eigenvalue weighted by Gasteiger charge is -2.01. The number of nitrogens with one attached hydrogen (secondary N) is 2. The van der Waals surface area contributed by atoms with E-state index in [0.29, 0.717) is 0 Å². The second kappa shape index (κ2) is 2.45. The van der Waals surface area contributed by atoms with Gasteiger partial charge in [-0.1, -0.05) is 0 Å². The first-order chi connectivity index (χ1) is 5.09. The van der Waals surface area contributed by atoms with Crippen molar-refractivity contribution < 1.29 is 9.59 Å². The highest BCUT2D eigenvalue weighted by atomic mass is 16.2. The molecule has 1 aliphatic rings. The van der Waals surface area contributed by atoms with Crippen LogP contribution in [0.1, 0.15) is 0 Å². The Morgan fingerprint density at radius 1 is 1.27 bits per heavy atom. The van der Waals surface area contributed by atoms with E-state index in [4.69, 9.17) is 11.5 Å². The molecule has 1 rings (SSSR count). The molecule has 1 saturated heterocycles. The molecule has 7 nitrogen and oxygen atoms in total. The molecule has 1 aliphatic heterocycles. The molecule has 0 aromatic rings. The average molecular weight is 157 g/mol. The molecule has 60 valence electrons. The number of aliphatic imine (C=N–C) groups is 1. The van der Waals surface area contributed by atoms with E-state index >= 15 is 0 Å². The Balaban J connectivity index is 2.61. The number of nitrogens with zero attached hydrogens (tertiary/aromatic N) is 1. The third-order valence-corrected chi connectivity index (χ3v) is 1.02. The lowest BCUT2D eigenvalue weighted by Crippen LogP contribution is -2.35. The van der Waals surface area contributed by atoms with Gasteiger partial charge in [0.1, 0.15) is 0 Å². The molecule has 0 unspecified atom stereocenters. The van der Waals surface area contributed by atoms with Crippen LogP contribution < -0.4 is 22.1 Å². The average Bonchev–Trinajstić information content (AvgIpc) is 2.10. The molecule has 1 heterocycles. The Kier molecular flexibility index (Phi) is 1.63. The third kappa shape index (κ3) is 1.57. The Labute approximate surface area is 61.8 Å². The zero-order valence-electron chi connectivity index (χ0n) is 5.50.